The number of aromatic carboxylic acids is 1. The van der Waals surface area contributed by atoms with Crippen LogP contribution in [0.1, 0.15) is 15.2 Å². The number of thioether (sulfide) groups is 1. The summed E-state index contributed by atoms with van der Waals surface area (Å²) in [7, 11) is 0. The van der Waals surface area contributed by atoms with E-state index in [1.54, 1.807) is 41.3 Å². The van der Waals surface area contributed by atoms with E-state index in [9.17, 15) is 4.79 Å². The Bertz CT molecular complexity index is 537. The molecular weight excluding hydrogens is 320 g/mol. The Balaban J connectivity index is 2.07. The Labute approximate surface area is 116 Å². The van der Waals surface area contributed by atoms with Gasteiger partial charge in [-0.3, -0.25) is 0 Å². The number of carboxylic acid groups (broad SMARTS) is 1. The van der Waals surface area contributed by atoms with Gasteiger partial charge in [0.2, 0.25) is 0 Å². The third-order valence-corrected chi connectivity index (χ3v) is 5.27. The minimum Gasteiger partial charge on any atom is -0.478 e. The zero-order chi connectivity index (χ0) is 12.3. The summed E-state index contributed by atoms with van der Waals surface area (Å²) >= 11 is 6.82. The molecule has 0 aliphatic heterocycles. The lowest BCUT2D eigenvalue weighted by atomic mass is 10.2. The van der Waals surface area contributed by atoms with Gasteiger partial charge in [-0.2, -0.15) is 0 Å². The molecule has 0 atom stereocenters. The van der Waals surface area contributed by atoms with Crippen molar-refractivity contribution in [2.45, 2.75) is 10.6 Å². The van der Waals surface area contributed by atoms with E-state index >= 15 is 0 Å². The zero-order valence-corrected chi connectivity index (χ0v) is 11.9. The third kappa shape index (κ3) is 3.34. The van der Waals surface area contributed by atoms with Gasteiger partial charge in [-0.15, -0.1) is 23.1 Å². The molecule has 1 heterocycles. The largest absolute Gasteiger partial charge is 0.478 e. The normalized spacial score (nSPS) is 10.4. The quantitative estimate of drug-likeness (QED) is 0.839. The summed E-state index contributed by atoms with van der Waals surface area (Å²) in [6.45, 7) is 0. The van der Waals surface area contributed by atoms with E-state index in [0.717, 1.165) is 15.1 Å². The van der Waals surface area contributed by atoms with Crippen LogP contribution in [-0.4, -0.2) is 11.1 Å². The first kappa shape index (κ1) is 12.7. The van der Waals surface area contributed by atoms with Crippen LogP contribution in [0.4, 0.5) is 0 Å². The highest BCUT2D eigenvalue weighted by Gasteiger charge is 2.05. The first-order valence-electron chi connectivity index (χ1n) is 4.85. The average Bonchev–Trinajstić information content (AvgIpc) is 2.72. The molecule has 0 unspecified atom stereocenters. The molecule has 88 valence electrons. The number of benzene rings is 1. The molecule has 1 N–H and O–H groups in total. The SMILES string of the molecule is O=C(O)c1cccc(SCc2sccc2Br)c1. The standard InChI is InChI=1S/C12H9BrO2S2/c13-10-4-5-16-11(10)7-17-9-3-1-2-8(6-9)12(14)15/h1-6H,7H2,(H,14,15). The first-order valence-corrected chi connectivity index (χ1v) is 7.50. The molecule has 0 radical (unpaired) electrons. The van der Waals surface area contributed by atoms with Crippen molar-refractivity contribution in [2.24, 2.45) is 0 Å². The van der Waals surface area contributed by atoms with Crippen LogP contribution < -0.4 is 0 Å². The molecule has 1 aromatic heterocycles. The van der Waals surface area contributed by atoms with Crippen LogP contribution >= 0.6 is 39.0 Å². The van der Waals surface area contributed by atoms with Crippen LogP contribution in [0.3, 0.4) is 0 Å². The van der Waals surface area contributed by atoms with Gasteiger partial charge in [0, 0.05) is 20.0 Å². The number of carbonyl (C=O) groups is 1. The van der Waals surface area contributed by atoms with Crippen LogP contribution in [0.2, 0.25) is 0 Å². The van der Waals surface area contributed by atoms with Crippen LogP contribution in [-0.2, 0) is 5.75 Å². The molecule has 5 heteroatoms. The van der Waals surface area contributed by atoms with E-state index in [2.05, 4.69) is 15.9 Å². The zero-order valence-electron chi connectivity index (χ0n) is 8.72. The molecule has 17 heavy (non-hydrogen) atoms. The minimum atomic E-state index is -0.884. The molecule has 2 rings (SSSR count). The summed E-state index contributed by atoms with van der Waals surface area (Å²) in [6.07, 6.45) is 0. The van der Waals surface area contributed by atoms with Gasteiger partial charge in [-0.1, -0.05) is 6.07 Å². The van der Waals surface area contributed by atoms with E-state index in [1.807, 2.05) is 17.5 Å². The van der Waals surface area contributed by atoms with E-state index in [0.29, 0.717) is 5.56 Å². The Morgan fingerprint density at radius 3 is 2.88 bits per heavy atom. The van der Waals surface area contributed by atoms with Crippen LogP contribution in [0.25, 0.3) is 0 Å². The van der Waals surface area contributed by atoms with Crippen LogP contribution in [0.15, 0.2) is 45.1 Å². The maximum atomic E-state index is 10.8. The van der Waals surface area contributed by atoms with Gasteiger partial charge in [0.1, 0.15) is 0 Å². The van der Waals surface area contributed by atoms with Crippen LogP contribution in [0.5, 0.6) is 0 Å². The van der Waals surface area contributed by atoms with Crippen molar-refractivity contribution in [1.29, 1.82) is 0 Å². The lowest BCUT2D eigenvalue weighted by Gasteiger charge is -2.02. The van der Waals surface area contributed by atoms with Crippen molar-refractivity contribution in [1.82, 2.24) is 0 Å². The Kier molecular flexibility index (Phi) is 4.25. The fourth-order valence-corrected chi connectivity index (χ4v) is 4.05. The van der Waals surface area contributed by atoms with Crippen molar-refractivity contribution in [3.8, 4) is 0 Å². The lowest BCUT2D eigenvalue weighted by molar-refractivity contribution is 0.0696. The minimum absolute atomic E-state index is 0.334. The number of thiophene rings is 1. The number of halogens is 1. The molecule has 0 aliphatic carbocycles. The number of rotatable bonds is 4. The summed E-state index contributed by atoms with van der Waals surface area (Å²) in [6, 6.07) is 9.03. The predicted molar refractivity (Wildman–Crippen MR) is 75.0 cm³/mol. The molecule has 0 spiro atoms. The maximum Gasteiger partial charge on any atom is 0.335 e. The van der Waals surface area contributed by atoms with Crippen molar-refractivity contribution >= 4 is 45.0 Å². The van der Waals surface area contributed by atoms with Crippen molar-refractivity contribution in [3.63, 3.8) is 0 Å². The number of hydrogen-bond donors (Lipinski definition) is 1. The van der Waals surface area contributed by atoms with Crippen molar-refractivity contribution in [2.75, 3.05) is 0 Å². The van der Waals surface area contributed by atoms with E-state index in [-0.39, 0.29) is 0 Å². The Morgan fingerprint density at radius 1 is 1.41 bits per heavy atom. The summed E-state index contributed by atoms with van der Waals surface area (Å²) in [4.78, 5) is 13.1. The van der Waals surface area contributed by atoms with Gasteiger partial charge in [0.15, 0.2) is 0 Å². The topological polar surface area (TPSA) is 37.3 Å². The molecule has 1 aromatic carbocycles. The maximum absolute atomic E-state index is 10.8. The fraction of sp³-hybridized carbons (Fsp3) is 0.0833. The van der Waals surface area contributed by atoms with Gasteiger partial charge < -0.3 is 5.11 Å². The summed E-state index contributed by atoms with van der Waals surface area (Å²) in [5.74, 6) is -0.0360. The Hall–Kier alpha value is -0.780. The van der Waals surface area contributed by atoms with Gasteiger partial charge in [0.25, 0.3) is 0 Å². The monoisotopic (exact) mass is 328 g/mol. The molecule has 0 aliphatic rings. The molecule has 0 saturated carbocycles. The smallest absolute Gasteiger partial charge is 0.335 e. The highest BCUT2D eigenvalue weighted by Crippen LogP contribution is 2.30. The van der Waals surface area contributed by atoms with Crippen molar-refractivity contribution in [3.05, 3.63) is 50.6 Å². The highest BCUT2D eigenvalue weighted by molar-refractivity contribution is 9.10. The van der Waals surface area contributed by atoms with Crippen LogP contribution in [0, 0.1) is 0 Å². The Morgan fingerprint density at radius 2 is 2.24 bits per heavy atom. The van der Waals surface area contributed by atoms with Crippen molar-refractivity contribution < 1.29 is 9.90 Å². The summed E-state index contributed by atoms with van der Waals surface area (Å²) in [5, 5.41) is 10.9. The van der Waals surface area contributed by atoms with Gasteiger partial charge in [0.05, 0.1) is 5.56 Å². The van der Waals surface area contributed by atoms with Gasteiger partial charge >= 0.3 is 5.97 Å². The van der Waals surface area contributed by atoms with Gasteiger partial charge in [-0.25, -0.2) is 4.79 Å². The second-order valence-electron chi connectivity index (χ2n) is 3.31. The molecule has 2 aromatic rings. The predicted octanol–water partition coefficient (Wildman–Crippen LogP) is 4.50. The molecular formula is C12H9BrO2S2. The second kappa shape index (κ2) is 5.71. The fourth-order valence-electron chi connectivity index (χ4n) is 1.30. The highest BCUT2D eigenvalue weighted by atomic mass is 79.9. The van der Waals surface area contributed by atoms with E-state index in [4.69, 9.17) is 5.11 Å². The lowest BCUT2D eigenvalue weighted by Crippen LogP contribution is -1.95. The van der Waals surface area contributed by atoms with Gasteiger partial charge in [-0.05, 0) is 45.6 Å². The average molecular weight is 329 g/mol. The third-order valence-electron chi connectivity index (χ3n) is 2.14. The second-order valence-corrected chi connectivity index (χ2v) is 6.22. The number of hydrogen-bond acceptors (Lipinski definition) is 3. The molecule has 0 bridgehead atoms. The first-order chi connectivity index (χ1) is 8.16. The molecule has 0 saturated heterocycles. The number of carboxylic acids is 1. The summed E-state index contributed by atoms with van der Waals surface area (Å²) < 4.78 is 1.12. The molecule has 0 fully saturated rings. The summed E-state index contributed by atoms with van der Waals surface area (Å²) in [5.41, 5.74) is 0.334. The van der Waals surface area contributed by atoms with E-state index < -0.39 is 5.97 Å². The van der Waals surface area contributed by atoms with E-state index in [1.165, 1.54) is 4.88 Å². The molecule has 0 amide bonds. The molecule has 2 nitrogen and oxygen atoms in total.